The van der Waals surface area contributed by atoms with Crippen LogP contribution in [0.4, 0.5) is 4.79 Å². The lowest BCUT2D eigenvalue weighted by atomic mass is 10.1. The van der Waals surface area contributed by atoms with Crippen LogP contribution in [0.1, 0.15) is 27.7 Å². The highest BCUT2D eigenvalue weighted by Gasteiger charge is 2.47. The second-order valence-corrected chi connectivity index (χ2v) is 6.40. The maximum Gasteiger partial charge on any atom is 0.507 e. The molecule has 0 amide bonds. The number of thioether (sulfide) groups is 1. The van der Waals surface area contributed by atoms with Crippen LogP contribution in [0, 0.1) is 0 Å². The molecule has 76 valence electrons. The van der Waals surface area contributed by atoms with Crippen molar-refractivity contribution < 1.29 is 14.6 Å². The summed E-state index contributed by atoms with van der Waals surface area (Å²) in [5, 5.41) is 11.6. The Hall–Kier alpha value is -0.420. The van der Waals surface area contributed by atoms with Gasteiger partial charge in [-0.15, -0.1) is 11.8 Å². The molecule has 4 nitrogen and oxygen atoms in total. The quantitative estimate of drug-likeness (QED) is 0.640. The molecule has 5 heteroatoms. The van der Waals surface area contributed by atoms with Gasteiger partial charge >= 0.3 is 6.16 Å². The third-order valence-electron chi connectivity index (χ3n) is 1.85. The lowest BCUT2D eigenvalue weighted by Crippen LogP contribution is -2.44. The van der Waals surface area contributed by atoms with Gasteiger partial charge in [0, 0.05) is 0 Å². The van der Waals surface area contributed by atoms with Crippen LogP contribution in [0.25, 0.3) is 0 Å². The fraction of sp³-hybridized carbons (Fsp3) is 0.875. The van der Waals surface area contributed by atoms with Gasteiger partial charge < -0.3 is 9.84 Å². The molecule has 0 aliphatic carbocycles. The van der Waals surface area contributed by atoms with Crippen LogP contribution in [0.3, 0.4) is 0 Å². The molecule has 1 atom stereocenters. The summed E-state index contributed by atoms with van der Waals surface area (Å²) in [6, 6.07) is 0. The van der Waals surface area contributed by atoms with Crippen molar-refractivity contribution in [2.75, 3.05) is 0 Å². The first kappa shape index (κ1) is 10.7. The van der Waals surface area contributed by atoms with Crippen LogP contribution in [0.2, 0.25) is 0 Å². The fourth-order valence-corrected chi connectivity index (χ4v) is 3.20. The van der Waals surface area contributed by atoms with Gasteiger partial charge in [-0.2, -0.15) is 0 Å². The molecule has 0 saturated carbocycles. The van der Waals surface area contributed by atoms with Gasteiger partial charge in [-0.3, -0.25) is 5.32 Å². The Balaban J connectivity index is 2.70. The molecule has 0 spiro atoms. The zero-order valence-electron chi connectivity index (χ0n) is 8.25. The monoisotopic (exact) mass is 205 g/mol. The normalized spacial score (nSPS) is 30.0. The SMILES string of the molecule is CC1(C)NC(OC(=O)O)C(C)(C)S1. The zero-order chi connectivity index (χ0) is 10.3. The minimum Gasteiger partial charge on any atom is -0.450 e. The van der Waals surface area contributed by atoms with E-state index in [0.717, 1.165) is 0 Å². The van der Waals surface area contributed by atoms with E-state index in [4.69, 9.17) is 9.84 Å². The van der Waals surface area contributed by atoms with Crippen LogP contribution in [-0.4, -0.2) is 27.1 Å². The van der Waals surface area contributed by atoms with E-state index < -0.39 is 12.4 Å². The van der Waals surface area contributed by atoms with Crippen molar-refractivity contribution in [1.82, 2.24) is 5.32 Å². The Bertz CT molecular complexity index is 227. The van der Waals surface area contributed by atoms with Crippen LogP contribution in [0.5, 0.6) is 0 Å². The summed E-state index contributed by atoms with van der Waals surface area (Å²) in [5.74, 6) is 0. The van der Waals surface area contributed by atoms with E-state index in [1.165, 1.54) is 0 Å². The first-order valence-electron chi connectivity index (χ1n) is 4.10. The van der Waals surface area contributed by atoms with Crippen LogP contribution in [0.15, 0.2) is 0 Å². The number of nitrogens with one attached hydrogen (secondary N) is 1. The molecular weight excluding hydrogens is 190 g/mol. The molecule has 1 heterocycles. The maximum absolute atomic E-state index is 10.4. The molecule has 0 aromatic rings. The molecule has 0 aromatic carbocycles. The van der Waals surface area contributed by atoms with E-state index in [-0.39, 0.29) is 9.62 Å². The number of ether oxygens (including phenoxy) is 1. The van der Waals surface area contributed by atoms with Gasteiger partial charge in [0.1, 0.15) is 0 Å². The molecule has 0 radical (unpaired) electrons. The molecular formula is C8H15NO3S. The first-order valence-corrected chi connectivity index (χ1v) is 4.92. The van der Waals surface area contributed by atoms with Gasteiger partial charge in [-0.05, 0) is 27.7 Å². The highest BCUT2D eigenvalue weighted by Crippen LogP contribution is 2.44. The number of carbonyl (C=O) groups is 1. The van der Waals surface area contributed by atoms with E-state index in [9.17, 15) is 4.79 Å². The van der Waals surface area contributed by atoms with Gasteiger partial charge in [0.2, 0.25) is 0 Å². The summed E-state index contributed by atoms with van der Waals surface area (Å²) in [5.41, 5.74) is 0. The largest absolute Gasteiger partial charge is 0.507 e. The Kier molecular flexibility index (Phi) is 2.51. The van der Waals surface area contributed by atoms with E-state index >= 15 is 0 Å². The van der Waals surface area contributed by atoms with Gasteiger partial charge in [0.25, 0.3) is 0 Å². The summed E-state index contributed by atoms with van der Waals surface area (Å²) in [6.07, 6.45) is -1.67. The average molecular weight is 205 g/mol. The molecule has 1 aliphatic heterocycles. The molecule has 1 aliphatic rings. The first-order chi connectivity index (χ1) is 5.73. The molecule has 1 fully saturated rings. The molecule has 2 N–H and O–H groups in total. The standard InChI is InChI=1S/C8H15NO3S/c1-7(2)5(12-6(10)11)9-8(3,4)13-7/h5,9H,1-4H3,(H,10,11). The van der Waals surface area contributed by atoms with Crippen molar-refractivity contribution in [3.63, 3.8) is 0 Å². The van der Waals surface area contributed by atoms with Gasteiger partial charge in [-0.25, -0.2) is 4.79 Å². The minimum atomic E-state index is -1.23. The predicted molar refractivity (Wildman–Crippen MR) is 51.8 cm³/mol. The highest BCUT2D eigenvalue weighted by molar-refractivity contribution is 8.02. The average Bonchev–Trinajstić information content (AvgIpc) is 1.98. The third kappa shape index (κ3) is 2.51. The Labute approximate surface area is 82.0 Å². The van der Waals surface area contributed by atoms with Crippen molar-refractivity contribution in [2.45, 2.75) is 43.5 Å². The fourth-order valence-electron chi connectivity index (χ4n) is 1.50. The van der Waals surface area contributed by atoms with Crippen molar-refractivity contribution in [3.8, 4) is 0 Å². The summed E-state index contributed by atoms with van der Waals surface area (Å²) < 4.78 is 4.53. The summed E-state index contributed by atoms with van der Waals surface area (Å²) >= 11 is 1.68. The third-order valence-corrected chi connectivity index (χ3v) is 3.22. The van der Waals surface area contributed by atoms with E-state index in [2.05, 4.69) is 5.32 Å². The molecule has 13 heavy (non-hydrogen) atoms. The van der Waals surface area contributed by atoms with Gasteiger partial charge in [-0.1, -0.05) is 0 Å². The zero-order valence-corrected chi connectivity index (χ0v) is 9.07. The van der Waals surface area contributed by atoms with E-state index in [1.54, 1.807) is 11.8 Å². The van der Waals surface area contributed by atoms with E-state index in [1.807, 2.05) is 27.7 Å². The molecule has 1 saturated heterocycles. The van der Waals surface area contributed by atoms with Crippen LogP contribution in [-0.2, 0) is 4.74 Å². The second kappa shape index (κ2) is 3.06. The van der Waals surface area contributed by atoms with Gasteiger partial charge in [0.05, 0.1) is 9.62 Å². The number of carboxylic acid groups (broad SMARTS) is 1. The summed E-state index contributed by atoms with van der Waals surface area (Å²) in [4.78, 5) is 10.2. The number of hydrogen-bond donors (Lipinski definition) is 2. The minimum absolute atomic E-state index is 0.135. The van der Waals surface area contributed by atoms with Crippen LogP contribution >= 0.6 is 11.8 Å². The van der Waals surface area contributed by atoms with Crippen molar-refractivity contribution in [2.24, 2.45) is 0 Å². The van der Waals surface area contributed by atoms with Gasteiger partial charge in [0.15, 0.2) is 6.23 Å². The van der Waals surface area contributed by atoms with Crippen molar-refractivity contribution in [3.05, 3.63) is 0 Å². The number of hydrogen-bond acceptors (Lipinski definition) is 4. The molecule has 1 unspecified atom stereocenters. The molecule has 0 aromatic heterocycles. The lowest BCUT2D eigenvalue weighted by molar-refractivity contribution is 0.0242. The molecule has 0 bridgehead atoms. The van der Waals surface area contributed by atoms with Crippen LogP contribution < -0.4 is 5.32 Å². The Morgan fingerprint density at radius 1 is 1.46 bits per heavy atom. The molecule has 1 rings (SSSR count). The topological polar surface area (TPSA) is 58.6 Å². The Morgan fingerprint density at radius 2 is 2.00 bits per heavy atom. The lowest BCUT2D eigenvalue weighted by Gasteiger charge is -2.23. The number of rotatable bonds is 1. The maximum atomic E-state index is 10.4. The van der Waals surface area contributed by atoms with Crippen molar-refractivity contribution in [1.29, 1.82) is 0 Å². The Morgan fingerprint density at radius 3 is 2.31 bits per heavy atom. The second-order valence-electron chi connectivity index (χ2n) is 4.12. The summed E-state index contributed by atoms with van der Waals surface area (Å²) in [7, 11) is 0. The highest BCUT2D eigenvalue weighted by atomic mass is 32.2. The smallest absolute Gasteiger partial charge is 0.450 e. The van der Waals surface area contributed by atoms with E-state index in [0.29, 0.717) is 0 Å². The summed E-state index contributed by atoms with van der Waals surface area (Å²) in [6.45, 7) is 7.94. The van der Waals surface area contributed by atoms with Crippen molar-refractivity contribution >= 4 is 17.9 Å². The predicted octanol–water partition coefficient (Wildman–Crippen LogP) is 1.86.